The summed E-state index contributed by atoms with van der Waals surface area (Å²) in [6.45, 7) is -0.168. The van der Waals surface area contributed by atoms with Crippen LogP contribution in [0.1, 0.15) is 23.6 Å². The lowest BCUT2D eigenvalue weighted by Gasteiger charge is -2.22. The maximum atomic E-state index is 14.3. The number of rotatable bonds is 6. The van der Waals surface area contributed by atoms with Crippen LogP contribution in [0.2, 0.25) is 0 Å². The number of ether oxygens (including phenoxy) is 1. The van der Waals surface area contributed by atoms with Crippen LogP contribution in [-0.2, 0) is 19.6 Å². The Labute approximate surface area is 162 Å². The zero-order valence-corrected chi connectivity index (χ0v) is 16.2. The maximum Gasteiger partial charge on any atom is 0.269 e. The maximum absolute atomic E-state index is 14.3. The summed E-state index contributed by atoms with van der Waals surface area (Å²) in [5.74, 6) is -0.784. The first-order chi connectivity index (χ1) is 13.3. The summed E-state index contributed by atoms with van der Waals surface area (Å²) in [7, 11) is -1.97. The Morgan fingerprint density at radius 3 is 2.54 bits per heavy atom. The molecular weight excluding hydrogens is 385 g/mol. The largest absolute Gasteiger partial charge is 0.375 e. The van der Waals surface area contributed by atoms with E-state index in [1.54, 1.807) is 42.5 Å². The van der Waals surface area contributed by atoms with Gasteiger partial charge >= 0.3 is 0 Å². The number of halogens is 1. The standard InChI is InChI=1S/C19H20FN3O4S/c1-27-12-19(24)23-18(15-5-3-4-6-16(15)20)11-17(21-23)13-7-9-14(10-8-13)22-28(2,25)26/h3-10,18,22H,11-12H2,1-2H3/t18-/m0/s1. The quantitative estimate of drug-likeness (QED) is 0.800. The summed E-state index contributed by atoms with van der Waals surface area (Å²) in [5, 5.41) is 5.65. The highest BCUT2D eigenvalue weighted by Crippen LogP contribution is 2.34. The number of benzene rings is 2. The number of amides is 1. The summed E-state index contributed by atoms with van der Waals surface area (Å²) in [6.07, 6.45) is 1.40. The SMILES string of the molecule is COCC(=O)N1N=C(c2ccc(NS(C)(=O)=O)cc2)C[C@H]1c1ccccc1F. The molecule has 2 aromatic carbocycles. The van der Waals surface area contributed by atoms with Gasteiger partial charge in [0.2, 0.25) is 10.0 Å². The van der Waals surface area contributed by atoms with Crippen molar-refractivity contribution in [1.29, 1.82) is 0 Å². The monoisotopic (exact) mass is 405 g/mol. The number of hydrogen-bond donors (Lipinski definition) is 1. The van der Waals surface area contributed by atoms with E-state index in [0.717, 1.165) is 6.26 Å². The molecule has 1 N–H and O–H groups in total. The molecule has 1 atom stereocenters. The molecule has 1 heterocycles. The smallest absolute Gasteiger partial charge is 0.269 e. The second-order valence-electron chi connectivity index (χ2n) is 6.41. The molecule has 0 bridgehead atoms. The van der Waals surface area contributed by atoms with Crippen molar-refractivity contribution in [1.82, 2.24) is 5.01 Å². The minimum absolute atomic E-state index is 0.168. The van der Waals surface area contributed by atoms with Crippen LogP contribution in [-0.4, -0.2) is 45.0 Å². The van der Waals surface area contributed by atoms with Crippen molar-refractivity contribution in [2.75, 3.05) is 24.7 Å². The third-order valence-corrected chi connectivity index (χ3v) is 4.83. The van der Waals surface area contributed by atoms with Crippen molar-refractivity contribution in [3.8, 4) is 0 Å². The van der Waals surface area contributed by atoms with E-state index < -0.39 is 21.9 Å². The molecule has 0 aliphatic carbocycles. The molecule has 0 saturated carbocycles. The number of nitrogens with zero attached hydrogens (tertiary/aromatic N) is 2. The van der Waals surface area contributed by atoms with Gasteiger partial charge in [0.1, 0.15) is 12.4 Å². The average molecular weight is 405 g/mol. The molecular formula is C19H20FN3O4S. The van der Waals surface area contributed by atoms with Crippen molar-refractivity contribution in [2.45, 2.75) is 12.5 Å². The van der Waals surface area contributed by atoms with E-state index >= 15 is 0 Å². The molecule has 0 saturated heterocycles. The lowest BCUT2D eigenvalue weighted by molar-refractivity contribution is -0.137. The molecule has 2 aromatic rings. The van der Waals surface area contributed by atoms with E-state index in [4.69, 9.17) is 4.74 Å². The van der Waals surface area contributed by atoms with Gasteiger partial charge in [-0.1, -0.05) is 30.3 Å². The minimum Gasteiger partial charge on any atom is -0.375 e. The minimum atomic E-state index is -3.37. The van der Waals surface area contributed by atoms with Crippen LogP contribution in [0.25, 0.3) is 0 Å². The van der Waals surface area contributed by atoms with E-state index in [0.29, 0.717) is 28.9 Å². The summed E-state index contributed by atoms with van der Waals surface area (Å²) in [6, 6.07) is 12.3. The fraction of sp³-hybridized carbons (Fsp3) is 0.263. The summed E-state index contributed by atoms with van der Waals surface area (Å²) in [5.41, 5.74) is 2.11. The molecule has 0 aromatic heterocycles. The van der Waals surface area contributed by atoms with Gasteiger partial charge in [-0.05, 0) is 23.8 Å². The van der Waals surface area contributed by atoms with E-state index in [9.17, 15) is 17.6 Å². The van der Waals surface area contributed by atoms with Crippen molar-refractivity contribution in [3.63, 3.8) is 0 Å². The number of hydrazone groups is 1. The molecule has 148 valence electrons. The van der Waals surface area contributed by atoms with E-state index in [1.165, 1.54) is 18.2 Å². The average Bonchev–Trinajstić information content (AvgIpc) is 3.07. The van der Waals surface area contributed by atoms with Crippen molar-refractivity contribution < 1.29 is 22.3 Å². The predicted molar refractivity (Wildman–Crippen MR) is 104 cm³/mol. The van der Waals surface area contributed by atoms with Crippen LogP contribution in [0, 0.1) is 5.82 Å². The van der Waals surface area contributed by atoms with Crippen molar-refractivity contribution >= 4 is 27.3 Å². The van der Waals surface area contributed by atoms with E-state index in [2.05, 4.69) is 9.82 Å². The molecule has 0 fully saturated rings. The Morgan fingerprint density at radius 1 is 1.25 bits per heavy atom. The van der Waals surface area contributed by atoms with Gasteiger partial charge in [0.25, 0.3) is 5.91 Å². The lowest BCUT2D eigenvalue weighted by atomic mass is 9.98. The molecule has 0 radical (unpaired) electrons. The topological polar surface area (TPSA) is 88.1 Å². The molecule has 7 nitrogen and oxygen atoms in total. The van der Waals surface area contributed by atoms with Crippen molar-refractivity contribution in [2.24, 2.45) is 5.10 Å². The number of carbonyl (C=O) groups excluding carboxylic acids is 1. The highest BCUT2D eigenvalue weighted by molar-refractivity contribution is 7.92. The first-order valence-corrected chi connectivity index (χ1v) is 10.4. The second-order valence-corrected chi connectivity index (χ2v) is 8.16. The van der Waals surface area contributed by atoms with E-state index in [-0.39, 0.29) is 12.5 Å². The molecule has 9 heteroatoms. The Hall–Kier alpha value is -2.78. The number of anilines is 1. The van der Waals surface area contributed by atoms with Gasteiger partial charge in [-0.2, -0.15) is 5.10 Å². The van der Waals surface area contributed by atoms with Gasteiger partial charge in [-0.25, -0.2) is 17.8 Å². The summed E-state index contributed by atoms with van der Waals surface area (Å²) < 4.78 is 44.3. The van der Waals surface area contributed by atoms with Gasteiger partial charge in [0.05, 0.1) is 18.0 Å². The fourth-order valence-corrected chi connectivity index (χ4v) is 3.60. The second kappa shape index (κ2) is 8.07. The van der Waals surface area contributed by atoms with Crippen molar-refractivity contribution in [3.05, 3.63) is 65.5 Å². The highest BCUT2D eigenvalue weighted by Gasteiger charge is 2.34. The van der Waals surface area contributed by atoms with Crippen LogP contribution >= 0.6 is 0 Å². The van der Waals surface area contributed by atoms with Crippen LogP contribution in [0.15, 0.2) is 53.6 Å². The number of hydrogen-bond acceptors (Lipinski definition) is 5. The predicted octanol–water partition coefficient (Wildman–Crippen LogP) is 2.52. The first-order valence-electron chi connectivity index (χ1n) is 8.49. The van der Waals surface area contributed by atoms with Crippen LogP contribution < -0.4 is 4.72 Å². The summed E-state index contributed by atoms with van der Waals surface area (Å²) >= 11 is 0. The van der Waals surface area contributed by atoms with Crippen LogP contribution in [0.5, 0.6) is 0 Å². The normalized spacial score (nSPS) is 16.8. The van der Waals surface area contributed by atoms with Crippen LogP contribution in [0.4, 0.5) is 10.1 Å². The molecule has 0 spiro atoms. The van der Waals surface area contributed by atoms with E-state index in [1.807, 2.05) is 0 Å². The molecule has 1 aliphatic rings. The number of nitrogens with one attached hydrogen (secondary N) is 1. The molecule has 1 aliphatic heterocycles. The molecule has 3 rings (SSSR count). The first kappa shape index (κ1) is 20.0. The number of carbonyl (C=O) groups is 1. The zero-order valence-electron chi connectivity index (χ0n) is 15.4. The third kappa shape index (κ3) is 4.55. The molecule has 0 unspecified atom stereocenters. The fourth-order valence-electron chi connectivity index (χ4n) is 3.04. The van der Waals surface area contributed by atoms with Gasteiger partial charge < -0.3 is 4.74 Å². The van der Waals surface area contributed by atoms with Gasteiger partial charge in [0, 0.05) is 24.8 Å². The Balaban J connectivity index is 1.90. The highest BCUT2D eigenvalue weighted by atomic mass is 32.2. The zero-order chi connectivity index (χ0) is 20.3. The Kier molecular flexibility index (Phi) is 5.76. The third-order valence-electron chi connectivity index (χ3n) is 4.22. The molecule has 28 heavy (non-hydrogen) atoms. The molecule has 1 amide bonds. The van der Waals surface area contributed by atoms with Gasteiger partial charge in [0.15, 0.2) is 0 Å². The Morgan fingerprint density at radius 2 is 1.93 bits per heavy atom. The van der Waals surface area contributed by atoms with Crippen LogP contribution in [0.3, 0.4) is 0 Å². The number of methoxy groups -OCH3 is 1. The summed E-state index contributed by atoms with van der Waals surface area (Å²) in [4.78, 5) is 12.4. The lowest BCUT2D eigenvalue weighted by Crippen LogP contribution is -2.30. The Bertz CT molecular complexity index is 1010. The van der Waals surface area contributed by atoms with Gasteiger partial charge in [-0.3, -0.25) is 9.52 Å². The number of sulfonamides is 1. The van der Waals surface area contributed by atoms with Gasteiger partial charge in [-0.15, -0.1) is 0 Å².